The fourth-order valence-electron chi connectivity index (χ4n) is 1.86. The number of aromatic hydroxyl groups is 1. The van der Waals surface area contributed by atoms with Crippen LogP contribution in [-0.2, 0) is 4.79 Å². The lowest BCUT2D eigenvalue weighted by Gasteiger charge is -2.10. The number of methoxy groups -OCH3 is 1. The summed E-state index contributed by atoms with van der Waals surface area (Å²) in [7, 11) is 1.52. The van der Waals surface area contributed by atoms with Crippen molar-refractivity contribution in [3.63, 3.8) is 0 Å². The van der Waals surface area contributed by atoms with Gasteiger partial charge in [-0.25, -0.2) is 5.43 Å². The van der Waals surface area contributed by atoms with Crippen molar-refractivity contribution in [2.24, 2.45) is 5.10 Å². The summed E-state index contributed by atoms with van der Waals surface area (Å²) >= 11 is 12.7. The van der Waals surface area contributed by atoms with Gasteiger partial charge in [-0.15, -0.1) is 0 Å². The van der Waals surface area contributed by atoms with Crippen LogP contribution in [0.4, 0.5) is 5.69 Å². The van der Waals surface area contributed by atoms with Gasteiger partial charge in [-0.1, -0.05) is 11.6 Å². The highest BCUT2D eigenvalue weighted by atomic mass is 79.9. The van der Waals surface area contributed by atoms with E-state index >= 15 is 0 Å². The first-order valence-corrected chi connectivity index (χ1v) is 8.94. The topological polar surface area (TPSA) is 83.0 Å². The lowest BCUT2D eigenvalue weighted by molar-refractivity contribution is -0.119. The van der Waals surface area contributed by atoms with Gasteiger partial charge in [0.05, 0.1) is 25.6 Å². The highest BCUT2D eigenvalue weighted by Gasteiger charge is 2.08. The Morgan fingerprint density at radius 3 is 2.64 bits per heavy atom. The van der Waals surface area contributed by atoms with Crippen LogP contribution in [0.3, 0.4) is 0 Å². The molecule has 6 nitrogen and oxygen atoms in total. The van der Waals surface area contributed by atoms with Crippen molar-refractivity contribution in [1.82, 2.24) is 5.43 Å². The number of carbonyl (C=O) groups is 1. The molecule has 0 spiro atoms. The van der Waals surface area contributed by atoms with Crippen molar-refractivity contribution in [1.29, 1.82) is 0 Å². The third-order valence-corrected chi connectivity index (χ3v) is 4.53. The zero-order chi connectivity index (χ0) is 18.4. The van der Waals surface area contributed by atoms with Crippen molar-refractivity contribution in [3.8, 4) is 11.5 Å². The minimum Gasteiger partial charge on any atom is -0.507 e. The number of anilines is 1. The molecule has 3 N–H and O–H groups in total. The first-order chi connectivity index (χ1) is 11.9. The second-order valence-electron chi connectivity index (χ2n) is 4.82. The number of carbonyl (C=O) groups excluding carboxylic acids is 1. The Morgan fingerprint density at radius 1 is 1.32 bits per heavy atom. The number of halogens is 3. The number of hydrazone groups is 1. The monoisotopic (exact) mass is 489 g/mol. The molecule has 0 heterocycles. The fraction of sp³-hybridized carbons (Fsp3) is 0.125. The summed E-state index contributed by atoms with van der Waals surface area (Å²) in [6.07, 6.45) is 1.34. The molecular weight excluding hydrogens is 477 g/mol. The van der Waals surface area contributed by atoms with Crippen LogP contribution >= 0.6 is 43.5 Å². The summed E-state index contributed by atoms with van der Waals surface area (Å²) < 4.78 is 6.52. The number of nitrogens with zero attached hydrogens (tertiary/aromatic N) is 1. The van der Waals surface area contributed by atoms with Crippen molar-refractivity contribution >= 4 is 61.3 Å². The minimum atomic E-state index is -0.354. The Kier molecular flexibility index (Phi) is 7.10. The van der Waals surface area contributed by atoms with Gasteiger partial charge in [0.2, 0.25) is 0 Å². The van der Waals surface area contributed by atoms with Crippen molar-refractivity contribution in [2.75, 3.05) is 19.0 Å². The molecular formula is C16H14Br2ClN3O3. The van der Waals surface area contributed by atoms with E-state index in [1.807, 2.05) is 0 Å². The third kappa shape index (κ3) is 5.62. The second-order valence-corrected chi connectivity index (χ2v) is 6.96. The Bertz CT molecular complexity index is 792. The molecule has 0 atom stereocenters. The summed E-state index contributed by atoms with van der Waals surface area (Å²) in [5.74, 6) is 0.253. The molecule has 2 rings (SSSR count). The summed E-state index contributed by atoms with van der Waals surface area (Å²) in [6, 6.07) is 8.15. The van der Waals surface area contributed by atoms with Crippen LogP contribution in [0.1, 0.15) is 5.56 Å². The average molecular weight is 492 g/mol. The quantitative estimate of drug-likeness (QED) is 0.419. The van der Waals surface area contributed by atoms with Crippen LogP contribution in [0.15, 0.2) is 44.4 Å². The zero-order valence-corrected chi connectivity index (χ0v) is 16.9. The number of rotatable bonds is 6. The number of amides is 1. The predicted octanol–water partition coefficient (Wildman–Crippen LogP) is 4.14. The van der Waals surface area contributed by atoms with E-state index in [1.165, 1.54) is 19.4 Å². The van der Waals surface area contributed by atoms with E-state index < -0.39 is 0 Å². The van der Waals surface area contributed by atoms with Gasteiger partial charge in [-0.3, -0.25) is 4.79 Å². The minimum absolute atomic E-state index is 0.000263. The number of phenolic OH excluding ortho intramolecular Hbond substituents is 1. The number of nitrogens with one attached hydrogen (secondary N) is 2. The molecule has 1 amide bonds. The maximum absolute atomic E-state index is 11.9. The molecule has 25 heavy (non-hydrogen) atoms. The SMILES string of the molecule is COc1ccc(O)c(/C=N\NC(=O)CNc2c(Br)cc(Cl)cc2Br)c1. The van der Waals surface area contributed by atoms with Crippen LogP contribution < -0.4 is 15.5 Å². The Hall–Kier alpha value is -1.77. The molecule has 2 aromatic rings. The summed E-state index contributed by atoms with van der Waals surface area (Å²) in [4.78, 5) is 11.9. The Morgan fingerprint density at radius 2 is 2.00 bits per heavy atom. The van der Waals surface area contributed by atoms with Crippen molar-refractivity contribution in [2.45, 2.75) is 0 Å². The molecule has 0 aromatic heterocycles. The number of hydrogen-bond acceptors (Lipinski definition) is 5. The van der Waals surface area contributed by atoms with Gasteiger partial charge in [0.15, 0.2) is 0 Å². The highest BCUT2D eigenvalue weighted by Crippen LogP contribution is 2.33. The van der Waals surface area contributed by atoms with E-state index in [-0.39, 0.29) is 18.2 Å². The van der Waals surface area contributed by atoms with E-state index in [0.717, 1.165) is 8.95 Å². The number of hydrogen-bond donors (Lipinski definition) is 3. The fourth-order valence-corrected chi connectivity index (χ4v) is 3.80. The van der Waals surface area contributed by atoms with Crippen molar-refractivity contribution < 1.29 is 14.6 Å². The summed E-state index contributed by atoms with van der Waals surface area (Å²) in [6.45, 7) is 0.000263. The maximum Gasteiger partial charge on any atom is 0.259 e. The number of benzene rings is 2. The van der Waals surface area contributed by atoms with Gasteiger partial charge in [-0.05, 0) is 62.2 Å². The zero-order valence-electron chi connectivity index (χ0n) is 13.0. The van der Waals surface area contributed by atoms with E-state index in [1.54, 1.807) is 24.3 Å². The van der Waals surface area contributed by atoms with Gasteiger partial charge in [0.25, 0.3) is 5.91 Å². The third-order valence-electron chi connectivity index (χ3n) is 3.06. The molecule has 2 aromatic carbocycles. The molecule has 0 saturated heterocycles. The lowest BCUT2D eigenvalue weighted by Crippen LogP contribution is -2.26. The standard InChI is InChI=1S/C16H14Br2ClN3O3/c1-25-11-2-3-14(23)9(4-11)7-21-22-15(24)8-20-16-12(17)5-10(19)6-13(16)18/h2-7,20,23H,8H2,1H3,(H,22,24)/b21-7-. The van der Waals surface area contributed by atoms with Gasteiger partial charge >= 0.3 is 0 Å². The second kappa shape index (κ2) is 9.07. The van der Waals surface area contributed by atoms with Crippen LogP contribution in [0.2, 0.25) is 5.02 Å². The first kappa shape index (κ1) is 19.6. The first-order valence-electron chi connectivity index (χ1n) is 6.98. The molecule has 0 aliphatic heterocycles. The van der Waals surface area contributed by atoms with Gasteiger partial charge in [0.1, 0.15) is 11.5 Å². The molecule has 0 bridgehead atoms. The molecule has 0 saturated carbocycles. The number of phenols is 1. The number of ether oxygens (including phenoxy) is 1. The highest BCUT2D eigenvalue weighted by molar-refractivity contribution is 9.11. The molecule has 0 fully saturated rings. The normalized spacial score (nSPS) is 10.7. The predicted molar refractivity (Wildman–Crippen MR) is 106 cm³/mol. The smallest absolute Gasteiger partial charge is 0.259 e. The van der Waals surface area contributed by atoms with Crippen LogP contribution in [0.25, 0.3) is 0 Å². The van der Waals surface area contributed by atoms with Gasteiger partial charge < -0.3 is 15.2 Å². The summed E-state index contributed by atoms with van der Waals surface area (Å²) in [5.41, 5.74) is 3.51. The van der Waals surface area contributed by atoms with Gasteiger partial charge in [0, 0.05) is 19.5 Å². The largest absolute Gasteiger partial charge is 0.507 e. The van der Waals surface area contributed by atoms with Crippen LogP contribution in [0, 0.1) is 0 Å². The van der Waals surface area contributed by atoms with E-state index in [0.29, 0.717) is 22.0 Å². The Labute approximate surface area is 166 Å². The van der Waals surface area contributed by atoms with E-state index in [2.05, 4.69) is 47.7 Å². The molecule has 0 aliphatic carbocycles. The Balaban J connectivity index is 1.93. The van der Waals surface area contributed by atoms with Crippen molar-refractivity contribution in [3.05, 3.63) is 49.9 Å². The maximum atomic E-state index is 11.9. The molecule has 9 heteroatoms. The summed E-state index contributed by atoms with van der Waals surface area (Å²) in [5, 5.41) is 17.1. The molecule has 0 radical (unpaired) electrons. The van der Waals surface area contributed by atoms with Gasteiger partial charge in [-0.2, -0.15) is 5.10 Å². The average Bonchev–Trinajstić information content (AvgIpc) is 2.55. The molecule has 132 valence electrons. The molecule has 0 unspecified atom stereocenters. The van der Waals surface area contributed by atoms with Crippen LogP contribution in [0.5, 0.6) is 11.5 Å². The molecule has 0 aliphatic rings. The van der Waals surface area contributed by atoms with E-state index in [9.17, 15) is 9.90 Å². The van der Waals surface area contributed by atoms with E-state index in [4.69, 9.17) is 16.3 Å². The lowest BCUT2D eigenvalue weighted by atomic mass is 10.2. The van der Waals surface area contributed by atoms with Crippen LogP contribution in [-0.4, -0.2) is 30.9 Å².